The topological polar surface area (TPSA) is 95.5 Å². The maximum Gasteiger partial charge on any atom is 0.250 e. The molecule has 8 nitrogen and oxygen atoms in total. The molecule has 2 aliphatic rings. The van der Waals surface area contributed by atoms with E-state index >= 15 is 0 Å². The van der Waals surface area contributed by atoms with Gasteiger partial charge in [0.05, 0.1) is 28.3 Å². The van der Waals surface area contributed by atoms with Gasteiger partial charge in [0.2, 0.25) is 17.7 Å². The van der Waals surface area contributed by atoms with Crippen molar-refractivity contribution in [1.82, 2.24) is 25.1 Å². The molecule has 0 spiro atoms. The molecule has 0 aliphatic carbocycles. The largest absolute Gasteiger partial charge is 0.341 e. The smallest absolute Gasteiger partial charge is 0.250 e. The molecule has 0 bridgehead atoms. The van der Waals surface area contributed by atoms with Gasteiger partial charge in [-0.15, -0.1) is 22.7 Å². The summed E-state index contributed by atoms with van der Waals surface area (Å²) in [6, 6.07) is 26.3. The van der Waals surface area contributed by atoms with Gasteiger partial charge >= 0.3 is 0 Å². The minimum atomic E-state index is -0.719. The van der Waals surface area contributed by atoms with Crippen LogP contribution in [0.1, 0.15) is 80.0 Å². The zero-order valence-corrected chi connectivity index (χ0v) is 33.1. The monoisotopic (exact) mass is 769 g/mol. The van der Waals surface area contributed by atoms with Crippen LogP contribution in [0.15, 0.2) is 116 Å². The fourth-order valence-electron chi connectivity index (χ4n) is 7.56. The second-order valence-electron chi connectivity index (χ2n) is 14.3. The molecule has 0 radical (unpaired) electrons. The first-order valence-corrected chi connectivity index (χ1v) is 20.8. The van der Waals surface area contributed by atoms with Gasteiger partial charge in [-0.1, -0.05) is 105 Å². The third-order valence-corrected chi connectivity index (χ3v) is 12.8. The molecule has 2 saturated heterocycles. The lowest BCUT2D eigenvalue weighted by Crippen LogP contribution is -2.49. The molecule has 7 rings (SSSR count). The van der Waals surface area contributed by atoms with Crippen molar-refractivity contribution in [3.05, 3.63) is 131 Å². The first-order valence-electron chi connectivity index (χ1n) is 19.2. The molecule has 0 unspecified atom stereocenters. The van der Waals surface area contributed by atoms with Gasteiger partial charge in [0.1, 0.15) is 16.1 Å². The van der Waals surface area contributed by atoms with Crippen LogP contribution in [0, 0.1) is 0 Å². The van der Waals surface area contributed by atoms with E-state index in [-0.39, 0.29) is 29.8 Å². The van der Waals surface area contributed by atoms with Crippen molar-refractivity contribution in [2.24, 2.45) is 0 Å². The molecule has 10 heteroatoms. The maximum absolute atomic E-state index is 13.9. The van der Waals surface area contributed by atoms with E-state index in [9.17, 15) is 14.4 Å². The summed E-state index contributed by atoms with van der Waals surface area (Å²) < 4.78 is 0. The van der Waals surface area contributed by atoms with E-state index in [0.717, 1.165) is 85.4 Å². The van der Waals surface area contributed by atoms with Gasteiger partial charge in [0.15, 0.2) is 0 Å². The van der Waals surface area contributed by atoms with Crippen molar-refractivity contribution < 1.29 is 14.4 Å². The van der Waals surface area contributed by atoms with E-state index in [2.05, 4.69) is 60.4 Å². The number of nitrogens with zero attached hydrogens (tertiary/aromatic N) is 4. The Morgan fingerprint density at radius 1 is 0.800 bits per heavy atom. The first kappa shape index (κ1) is 38.1. The summed E-state index contributed by atoms with van der Waals surface area (Å²) in [6.45, 7) is 9.00. The summed E-state index contributed by atoms with van der Waals surface area (Å²) in [5.74, 6) is -0.0634. The van der Waals surface area contributed by atoms with Crippen LogP contribution in [0.4, 0.5) is 0 Å². The Bertz CT molecular complexity index is 2160. The molecule has 4 heterocycles. The summed E-state index contributed by atoms with van der Waals surface area (Å²) in [5, 5.41) is 4.87. The van der Waals surface area contributed by atoms with Gasteiger partial charge < -0.3 is 15.1 Å². The van der Waals surface area contributed by atoms with Gasteiger partial charge in [-0.05, 0) is 72.4 Å². The number of aromatic nitrogens is 2. The van der Waals surface area contributed by atoms with Crippen LogP contribution in [0.2, 0.25) is 0 Å². The molecular weight excluding hydrogens is 723 g/mol. The quantitative estimate of drug-likeness (QED) is 0.120. The van der Waals surface area contributed by atoms with Crippen LogP contribution in [-0.4, -0.2) is 56.6 Å². The number of nitrogens with one attached hydrogen (secondary N) is 1. The summed E-state index contributed by atoms with van der Waals surface area (Å²) in [4.78, 5) is 55.3. The van der Waals surface area contributed by atoms with E-state index in [1.54, 1.807) is 34.8 Å². The minimum absolute atomic E-state index is 0.0352. The molecule has 2 aliphatic heterocycles. The van der Waals surface area contributed by atoms with Gasteiger partial charge in [-0.25, -0.2) is 9.97 Å². The number of carbonyl (C=O) groups excluding carboxylic acids is 3. The second kappa shape index (κ2) is 17.5. The van der Waals surface area contributed by atoms with E-state index in [1.165, 1.54) is 0 Å². The fraction of sp³-hybridized carbons (Fsp3) is 0.311. The highest BCUT2D eigenvalue weighted by molar-refractivity contribution is 7.15. The van der Waals surface area contributed by atoms with Gasteiger partial charge in [0, 0.05) is 31.9 Å². The van der Waals surface area contributed by atoms with Crippen LogP contribution in [0.5, 0.6) is 0 Å². The lowest BCUT2D eigenvalue weighted by atomic mass is 10.0. The van der Waals surface area contributed by atoms with Gasteiger partial charge in [-0.2, -0.15) is 0 Å². The highest BCUT2D eigenvalue weighted by Gasteiger charge is 2.37. The zero-order chi connectivity index (χ0) is 38.3. The third-order valence-electron chi connectivity index (χ3n) is 10.5. The molecule has 3 amide bonds. The lowest BCUT2D eigenvalue weighted by molar-refractivity contribution is -0.136. The fourth-order valence-corrected chi connectivity index (χ4v) is 9.71. The van der Waals surface area contributed by atoms with Crippen molar-refractivity contribution in [3.63, 3.8) is 0 Å². The Labute approximate surface area is 331 Å². The molecule has 55 heavy (non-hydrogen) atoms. The number of allylic oxidation sites excluding steroid dienone is 2. The number of likely N-dealkylation sites (tertiary alicyclic amines) is 2. The first-order chi connectivity index (χ1) is 26.8. The Morgan fingerprint density at radius 3 is 1.87 bits per heavy atom. The van der Waals surface area contributed by atoms with Crippen molar-refractivity contribution >= 4 is 40.4 Å². The molecule has 1 N–H and O–H groups in total. The average Bonchev–Trinajstić information content (AvgIpc) is 4.04. The molecule has 2 fully saturated rings. The number of carbonyl (C=O) groups is 3. The van der Waals surface area contributed by atoms with Crippen LogP contribution in [0.25, 0.3) is 32.0 Å². The van der Waals surface area contributed by atoms with Crippen LogP contribution in [0.3, 0.4) is 0 Å². The Kier molecular flexibility index (Phi) is 12.1. The molecular formula is C45H47N5O3S2. The number of amides is 3. The maximum atomic E-state index is 13.9. The third kappa shape index (κ3) is 8.71. The highest BCUT2D eigenvalue weighted by atomic mass is 32.1. The lowest BCUT2D eigenvalue weighted by Gasteiger charge is -2.29. The molecule has 3 atom stereocenters. The van der Waals surface area contributed by atoms with E-state index < -0.39 is 6.04 Å². The standard InChI is InChI=1S/C45H47N5O3S2/c1-4-11-30(3)42(48-40(51)12-5-2)45(53)50-26-10-16-37(50)44-47-29-39(55-44)35-23-19-33(20-24-35)32-17-21-34(22-18-32)38-28-46-43(54-38)36-15-9-25-49(36)41(52)27-31-13-7-6-8-14-31/h4,6-8,11,13-14,17-24,28-29,36-37,42H,1,5,9-10,12,15-16,25-27H2,2-3H3,(H,48,51)/b30-11+/t36-,37-,42+/m0/s1. The second-order valence-corrected chi connectivity index (χ2v) is 16.4. The predicted molar refractivity (Wildman–Crippen MR) is 222 cm³/mol. The van der Waals surface area contributed by atoms with Crippen LogP contribution < -0.4 is 5.32 Å². The molecule has 3 aromatic carbocycles. The predicted octanol–water partition coefficient (Wildman–Crippen LogP) is 9.59. The van der Waals surface area contributed by atoms with Crippen LogP contribution in [-0.2, 0) is 20.8 Å². The number of hydrogen-bond acceptors (Lipinski definition) is 7. The molecule has 2 aromatic heterocycles. The normalized spacial score (nSPS) is 17.7. The molecule has 5 aromatic rings. The van der Waals surface area contributed by atoms with Crippen molar-refractivity contribution in [3.8, 4) is 32.0 Å². The number of thiazole rings is 2. The Morgan fingerprint density at radius 2 is 1.33 bits per heavy atom. The summed E-state index contributed by atoms with van der Waals surface area (Å²) >= 11 is 3.30. The van der Waals surface area contributed by atoms with Crippen molar-refractivity contribution in [2.45, 2.75) is 76.9 Å². The summed E-state index contributed by atoms with van der Waals surface area (Å²) in [7, 11) is 0. The van der Waals surface area contributed by atoms with Crippen molar-refractivity contribution in [1.29, 1.82) is 0 Å². The van der Waals surface area contributed by atoms with E-state index in [0.29, 0.717) is 25.8 Å². The zero-order valence-electron chi connectivity index (χ0n) is 31.4. The van der Waals surface area contributed by atoms with Crippen LogP contribution >= 0.6 is 22.7 Å². The van der Waals surface area contributed by atoms with Crippen molar-refractivity contribution in [2.75, 3.05) is 13.1 Å². The highest BCUT2D eigenvalue weighted by Crippen LogP contribution is 2.40. The van der Waals surface area contributed by atoms with Gasteiger partial charge in [-0.3, -0.25) is 14.4 Å². The number of rotatable bonds is 13. The number of benzene rings is 3. The summed E-state index contributed by atoms with van der Waals surface area (Å²) in [6.07, 6.45) is 12.5. The average molecular weight is 770 g/mol. The van der Waals surface area contributed by atoms with E-state index in [4.69, 9.17) is 9.97 Å². The summed E-state index contributed by atoms with van der Waals surface area (Å²) in [5.41, 5.74) is 6.24. The molecule has 282 valence electrons. The Balaban J connectivity index is 0.998. The Hall–Kier alpha value is -5.19. The van der Waals surface area contributed by atoms with Gasteiger partial charge in [0.25, 0.3) is 0 Å². The molecule has 0 saturated carbocycles. The van der Waals surface area contributed by atoms with E-state index in [1.807, 2.05) is 66.4 Å². The number of hydrogen-bond donors (Lipinski definition) is 1. The minimum Gasteiger partial charge on any atom is -0.341 e. The SMILES string of the molecule is C=C/C=C(\C)[C@@H](NC(=O)CCC)C(=O)N1CCC[C@H]1c1ncc(-c2ccc(-c3ccc(-c4cnc([C@@H]5CCCN5C(=O)Cc5ccccc5)s4)cc3)cc2)s1.